The monoisotopic (exact) mass is 248 g/mol. The molecule has 1 aliphatic carbocycles. The van der Waals surface area contributed by atoms with E-state index < -0.39 is 0 Å². The van der Waals surface area contributed by atoms with Crippen molar-refractivity contribution >= 4 is 5.82 Å². The van der Waals surface area contributed by atoms with Crippen LogP contribution in [0.15, 0.2) is 12.4 Å². The van der Waals surface area contributed by atoms with Gasteiger partial charge < -0.3 is 10.2 Å². The van der Waals surface area contributed by atoms with Crippen LogP contribution in [0.5, 0.6) is 0 Å². The number of nitrogens with one attached hydrogen (secondary N) is 1. The minimum atomic E-state index is 0.722. The molecule has 1 aromatic rings. The van der Waals surface area contributed by atoms with Gasteiger partial charge in [-0.3, -0.25) is 4.98 Å². The lowest BCUT2D eigenvalue weighted by molar-refractivity contribution is 0.583. The predicted molar refractivity (Wildman–Crippen MR) is 74.6 cm³/mol. The molecule has 1 aromatic heterocycles. The van der Waals surface area contributed by atoms with E-state index in [1.807, 2.05) is 12.4 Å². The summed E-state index contributed by atoms with van der Waals surface area (Å²) in [4.78, 5) is 11.1. The smallest absolute Gasteiger partial charge is 0.146 e. The maximum absolute atomic E-state index is 4.48. The minimum absolute atomic E-state index is 0.722. The number of hydrogen-bond donors (Lipinski definition) is 1. The number of nitrogens with zero attached hydrogens (tertiary/aromatic N) is 3. The molecule has 2 rings (SSSR count). The summed E-state index contributed by atoms with van der Waals surface area (Å²) in [5.41, 5.74) is 1.03. The molecule has 1 heterocycles. The van der Waals surface area contributed by atoms with Gasteiger partial charge in [-0.05, 0) is 25.2 Å². The fourth-order valence-electron chi connectivity index (χ4n) is 1.74. The van der Waals surface area contributed by atoms with Crippen LogP contribution in [-0.2, 0) is 6.54 Å². The van der Waals surface area contributed by atoms with Gasteiger partial charge in [0.15, 0.2) is 0 Å². The molecule has 18 heavy (non-hydrogen) atoms. The fraction of sp³-hybridized carbons (Fsp3) is 0.714. The molecule has 0 bridgehead atoms. The van der Waals surface area contributed by atoms with Gasteiger partial charge in [0.05, 0.1) is 18.1 Å². The molecule has 0 amide bonds. The molecule has 0 aliphatic heterocycles. The van der Waals surface area contributed by atoms with Crippen molar-refractivity contribution in [3.8, 4) is 0 Å². The van der Waals surface area contributed by atoms with Crippen LogP contribution in [0.1, 0.15) is 38.8 Å². The first-order valence-corrected chi connectivity index (χ1v) is 6.90. The highest BCUT2D eigenvalue weighted by atomic mass is 15.2. The maximum Gasteiger partial charge on any atom is 0.146 e. The molecule has 0 radical (unpaired) electrons. The van der Waals surface area contributed by atoms with Gasteiger partial charge in [0.25, 0.3) is 0 Å². The average Bonchev–Trinajstić information content (AvgIpc) is 3.18. The van der Waals surface area contributed by atoms with Gasteiger partial charge >= 0.3 is 0 Å². The second kappa shape index (κ2) is 6.14. The number of rotatable bonds is 7. The molecular weight excluding hydrogens is 224 g/mol. The topological polar surface area (TPSA) is 41.1 Å². The van der Waals surface area contributed by atoms with Crippen LogP contribution in [0.3, 0.4) is 0 Å². The molecule has 0 saturated heterocycles. The quantitative estimate of drug-likeness (QED) is 0.803. The second-order valence-electron chi connectivity index (χ2n) is 5.63. The standard InChI is InChI=1S/C14H24N4/c1-11(2)6-7-18(3)14-10-16-13(9-17-14)8-15-12-4-5-12/h9-12,15H,4-8H2,1-3H3. The van der Waals surface area contributed by atoms with Crippen LogP contribution in [0, 0.1) is 5.92 Å². The van der Waals surface area contributed by atoms with E-state index in [-0.39, 0.29) is 0 Å². The largest absolute Gasteiger partial charge is 0.358 e. The van der Waals surface area contributed by atoms with E-state index >= 15 is 0 Å². The van der Waals surface area contributed by atoms with Gasteiger partial charge in [-0.1, -0.05) is 13.8 Å². The van der Waals surface area contributed by atoms with Gasteiger partial charge in [0, 0.05) is 26.2 Å². The second-order valence-corrected chi connectivity index (χ2v) is 5.63. The minimum Gasteiger partial charge on any atom is -0.358 e. The van der Waals surface area contributed by atoms with Crippen molar-refractivity contribution in [2.45, 2.75) is 45.7 Å². The highest BCUT2D eigenvalue weighted by Crippen LogP contribution is 2.19. The Kier molecular flexibility index (Phi) is 4.53. The predicted octanol–water partition coefficient (Wildman–Crippen LogP) is 2.21. The van der Waals surface area contributed by atoms with Gasteiger partial charge in [-0.25, -0.2) is 4.98 Å². The van der Waals surface area contributed by atoms with Crippen LogP contribution in [0.2, 0.25) is 0 Å². The fourth-order valence-corrected chi connectivity index (χ4v) is 1.74. The summed E-state index contributed by atoms with van der Waals surface area (Å²) >= 11 is 0. The molecule has 1 aliphatic rings. The van der Waals surface area contributed by atoms with Crippen molar-refractivity contribution in [2.75, 3.05) is 18.5 Å². The SMILES string of the molecule is CC(C)CCN(C)c1cnc(CNC2CC2)cn1. The lowest BCUT2D eigenvalue weighted by atomic mass is 10.1. The lowest BCUT2D eigenvalue weighted by Crippen LogP contribution is -2.22. The zero-order valence-electron chi connectivity index (χ0n) is 11.7. The molecule has 0 spiro atoms. The third kappa shape index (κ3) is 4.26. The summed E-state index contributed by atoms with van der Waals surface area (Å²) < 4.78 is 0. The van der Waals surface area contributed by atoms with E-state index in [1.54, 1.807) is 0 Å². The summed E-state index contributed by atoms with van der Waals surface area (Å²) in [7, 11) is 2.08. The van der Waals surface area contributed by atoms with E-state index in [2.05, 4.69) is 41.1 Å². The Morgan fingerprint density at radius 2 is 2.11 bits per heavy atom. The van der Waals surface area contributed by atoms with Gasteiger partial charge in [0.2, 0.25) is 0 Å². The summed E-state index contributed by atoms with van der Waals surface area (Å²) in [6, 6.07) is 0.722. The highest BCUT2D eigenvalue weighted by molar-refractivity contribution is 5.34. The summed E-state index contributed by atoms with van der Waals surface area (Å²) in [5.74, 6) is 1.69. The first kappa shape index (κ1) is 13.3. The third-order valence-electron chi connectivity index (χ3n) is 3.27. The Morgan fingerprint density at radius 1 is 1.33 bits per heavy atom. The van der Waals surface area contributed by atoms with Crippen molar-refractivity contribution in [2.24, 2.45) is 5.92 Å². The molecule has 100 valence electrons. The Labute approximate surface area is 110 Å². The van der Waals surface area contributed by atoms with Gasteiger partial charge in [-0.2, -0.15) is 0 Å². The molecule has 4 heteroatoms. The molecule has 1 fully saturated rings. The zero-order valence-corrected chi connectivity index (χ0v) is 11.7. The summed E-state index contributed by atoms with van der Waals surface area (Å²) in [6.07, 6.45) is 7.57. The van der Waals surface area contributed by atoms with Crippen molar-refractivity contribution in [1.29, 1.82) is 0 Å². The normalized spacial score (nSPS) is 15.1. The molecular formula is C14H24N4. The molecule has 0 unspecified atom stereocenters. The van der Waals surface area contributed by atoms with Crippen LogP contribution in [-0.4, -0.2) is 29.6 Å². The highest BCUT2D eigenvalue weighted by Gasteiger charge is 2.20. The third-order valence-corrected chi connectivity index (χ3v) is 3.27. The molecule has 0 aromatic carbocycles. The van der Waals surface area contributed by atoms with Gasteiger partial charge in [-0.15, -0.1) is 0 Å². The van der Waals surface area contributed by atoms with E-state index in [0.29, 0.717) is 0 Å². The van der Waals surface area contributed by atoms with Crippen molar-refractivity contribution in [3.05, 3.63) is 18.1 Å². The Balaban J connectivity index is 1.81. The first-order chi connectivity index (χ1) is 8.65. The number of aromatic nitrogens is 2. The van der Waals surface area contributed by atoms with Crippen molar-refractivity contribution in [1.82, 2.24) is 15.3 Å². The average molecular weight is 248 g/mol. The maximum atomic E-state index is 4.48. The Hall–Kier alpha value is -1.16. The Bertz CT molecular complexity index is 357. The van der Waals surface area contributed by atoms with Crippen LogP contribution in [0.4, 0.5) is 5.82 Å². The summed E-state index contributed by atoms with van der Waals surface area (Å²) in [6.45, 7) is 6.36. The summed E-state index contributed by atoms with van der Waals surface area (Å²) in [5, 5.41) is 3.45. The molecule has 0 atom stereocenters. The molecule has 1 N–H and O–H groups in total. The zero-order chi connectivity index (χ0) is 13.0. The van der Waals surface area contributed by atoms with Crippen molar-refractivity contribution in [3.63, 3.8) is 0 Å². The van der Waals surface area contributed by atoms with E-state index in [0.717, 1.165) is 36.6 Å². The van der Waals surface area contributed by atoms with Crippen LogP contribution in [0.25, 0.3) is 0 Å². The van der Waals surface area contributed by atoms with E-state index in [4.69, 9.17) is 0 Å². The number of anilines is 1. The van der Waals surface area contributed by atoms with Crippen LogP contribution < -0.4 is 10.2 Å². The van der Waals surface area contributed by atoms with E-state index in [9.17, 15) is 0 Å². The first-order valence-electron chi connectivity index (χ1n) is 6.90. The van der Waals surface area contributed by atoms with Crippen LogP contribution >= 0.6 is 0 Å². The Morgan fingerprint density at radius 3 is 2.67 bits per heavy atom. The molecule has 1 saturated carbocycles. The van der Waals surface area contributed by atoms with Gasteiger partial charge in [0.1, 0.15) is 5.82 Å². The number of hydrogen-bond acceptors (Lipinski definition) is 4. The van der Waals surface area contributed by atoms with Crippen molar-refractivity contribution < 1.29 is 0 Å². The lowest BCUT2D eigenvalue weighted by Gasteiger charge is -2.18. The molecule has 4 nitrogen and oxygen atoms in total. The van der Waals surface area contributed by atoms with E-state index in [1.165, 1.54) is 19.3 Å².